The highest BCUT2D eigenvalue weighted by Gasteiger charge is 2.13. The maximum absolute atomic E-state index is 12.1. The van der Waals surface area contributed by atoms with Crippen LogP contribution in [-0.4, -0.2) is 16.6 Å². The molecule has 2 rings (SSSR count). The lowest BCUT2D eigenvalue weighted by molar-refractivity contribution is 0.477. The van der Waals surface area contributed by atoms with Crippen molar-refractivity contribution in [2.45, 2.75) is 39.8 Å². The van der Waals surface area contributed by atoms with Crippen molar-refractivity contribution in [1.29, 1.82) is 0 Å². The number of likely N-dealkylation sites (N-methyl/N-ethyl adjacent to an activating group) is 1. The minimum atomic E-state index is 0.00503. The third kappa shape index (κ3) is 3.58. The predicted molar refractivity (Wildman–Crippen MR) is 85.6 cm³/mol. The molecule has 0 aliphatic carbocycles. The molecule has 112 valence electrons. The van der Waals surface area contributed by atoms with Gasteiger partial charge in [-0.3, -0.25) is 9.36 Å². The maximum Gasteiger partial charge on any atom is 0.253 e. The van der Waals surface area contributed by atoms with E-state index in [0.717, 1.165) is 17.9 Å². The van der Waals surface area contributed by atoms with Gasteiger partial charge in [-0.25, -0.2) is 4.98 Å². The van der Waals surface area contributed by atoms with Crippen molar-refractivity contribution < 1.29 is 0 Å². The molecule has 0 spiro atoms. The molecule has 2 aromatic rings. The number of nitrogens with one attached hydrogen (secondary N) is 1. The van der Waals surface area contributed by atoms with Gasteiger partial charge in [0.2, 0.25) is 0 Å². The van der Waals surface area contributed by atoms with E-state index in [9.17, 15) is 4.79 Å². The fraction of sp³-hybridized carbons (Fsp3) is 0.412. The topological polar surface area (TPSA) is 46.9 Å². The first-order valence-corrected chi connectivity index (χ1v) is 7.36. The average Bonchev–Trinajstić information content (AvgIpc) is 2.47. The van der Waals surface area contributed by atoms with Crippen LogP contribution in [0.4, 0.5) is 0 Å². The standard InChI is InChI=1S/C17H23N3O/c1-5-14-6-8-15(9-7-14)16(18-4)11-20-13(3)19-12(2)10-17(20)21/h6-10,16,18H,5,11H2,1-4H3. The van der Waals surface area contributed by atoms with Crippen LogP contribution in [0.1, 0.15) is 35.6 Å². The van der Waals surface area contributed by atoms with E-state index in [1.165, 1.54) is 11.1 Å². The molecule has 1 aromatic carbocycles. The summed E-state index contributed by atoms with van der Waals surface area (Å²) in [4.78, 5) is 16.5. The summed E-state index contributed by atoms with van der Waals surface area (Å²) in [5.74, 6) is 0.755. The highest BCUT2D eigenvalue weighted by Crippen LogP contribution is 2.16. The van der Waals surface area contributed by atoms with E-state index in [2.05, 4.69) is 41.5 Å². The smallest absolute Gasteiger partial charge is 0.253 e. The first kappa shape index (κ1) is 15.4. The lowest BCUT2D eigenvalue weighted by Gasteiger charge is -2.19. The first-order valence-electron chi connectivity index (χ1n) is 7.36. The van der Waals surface area contributed by atoms with Gasteiger partial charge in [0.25, 0.3) is 5.56 Å². The average molecular weight is 285 g/mol. The molecule has 4 heteroatoms. The summed E-state index contributed by atoms with van der Waals surface area (Å²) in [5, 5.41) is 3.29. The molecule has 0 saturated carbocycles. The summed E-state index contributed by atoms with van der Waals surface area (Å²) < 4.78 is 1.72. The van der Waals surface area contributed by atoms with Gasteiger partial charge >= 0.3 is 0 Å². The van der Waals surface area contributed by atoms with Crippen LogP contribution in [0.5, 0.6) is 0 Å². The van der Waals surface area contributed by atoms with Crippen LogP contribution in [0.2, 0.25) is 0 Å². The lowest BCUT2D eigenvalue weighted by atomic mass is 10.0. The van der Waals surface area contributed by atoms with Crippen LogP contribution < -0.4 is 10.9 Å². The summed E-state index contributed by atoms with van der Waals surface area (Å²) in [5.41, 5.74) is 3.27. The van der Waals surface area contributed by atoms with Gasteiger partial charge in [0.05, 0.1) is 6.04 Å². The van der Waals surface area contributed by atoms with Crippen molar-refractivity contribution >= 4 is 0 Å². The Bertz CT molecular complexity index is 659. The Kier molecular flexibility index (Phi) is 4.91. The Hall–Kier alpha value is -1.94. The third-order valence-electron chi connectivity index (χ3n) is 3.83. The second-order valence-electron chi connectivity index (χ2n) is 5.33. The number of hydrogen-bond donors (Lipinski definition) is 1. The van der Waals surface area contributed by atoms with Crippen molar-refractivity contribution in [3.8, 4) is 0 Å². The number of aromatic nitrogens is 2. The Morgan fingerprint density at radius 3 is 2.43 bits per heavy atom. The van der Waals surface area contributed by atoms with Crippen LogP contribution in [0, 0.1) is 13.8 Å². The Labute approximate surface area is 125 Å². The largest absolute Gasteiger partial charge is 0.312 e. The summed E-state index contributed by atoms with van der Waals surface area (Å²) in [6.07, 6.45) is 1.03. The molecule has 0 saturated heterocycles. The van der Waals surface area contributed by atoms with Gasteiger partial charge in [0, 0.05) is 18.3 Å². The molecule has 0 aliphatic rings. The molecule has 0 radical (unpaired) electrons. The SMILES string of the molecule is CCc1ccc(C(Cn2c(C)nc(C)cc2=O)NC)cc1. The van der Waals surface area contributed by atoms with Crippen molar-refractivity contribution in [2.75, 3.05) is 7.05 Å². The number of benzene rings is 1. The lowest BCUT2D eigenvalue weighted by Crippen LogP contribution is -2.30. The molecule has 0 aliphatic heterocycles. The normalized spacial score (nSPS) is 12.4. The van der Waals surface area contributed by atoms with Gasteiger partial charge < -0.3 is 5.32 Å². The Morgan fingerprint density at radius 1 is 1.24 bits per heavy atom. The van der Waals surface area contributed by atoms with Crippen LogP contribution >= 0.6 is 0 Å². The molecule has 1 unspecified atom stereocenters. The number of aryl methyl sites for hydroxylation is 3. The summed E-state index contributed by atoms with van der Waals surface area (Å²) >= 11 is 0. The number of nitrogens with zero attached hydrogens (tertiary/aromatic N) is 2. The zero-order valence-electron chi connectivity index (χ0n) is 13.2. The third-order valence-corrected chi connectivity index (χ3v) is 3.83. The predicted octanol–water partition coefficient (Wildman–Crippen LogP) is 2.38. The van der Waals surface area contributed by atoms with Gasteiger partial charge in [-0.1, -0.05) is 31.2 Å². The van der Waals surface area contributed by atoms with Crippen LogP contribution in [0.15, 0.2) is 35.1 Å². The van der Waals surface area contributed by atoms with Gasteiger partial charge in [0.1, 0.15) is 5.82 Å². The second kappa shape index (κ2) is 6.68. The first-order chi connectivity index (χ1) is 10.0. The van der Waals surface area contributed by atoms with Crippen LogP contribution in [0.3, 0.4) is 0 Å². The van der Waals surface area contributed by atoms with Gasteiger partial charge in [-0.2, -0.15) is 0 Å². The maximum atomic E-state index is 12.1. The molecule has 1 atom stereocenters. The summed E-state index contributed by atoms with van der Waals surface area (Å²) in [6.45, 7) is 6.45. The van der Waals surface area contributed by atoms with Gasteiger partial charge in [-0.15, -0.1) is 0 Å². The molecule has 0 fully saturated rings. The Morgan fingerprint density at radius 2 is 1.90 bits per heavy atom. The second-order valence-corrected chi connectivity index (χ2v) is 5.33. The van der Waals surface area contributed by atoms with Crippen molar-refractivity contribution in [3.63, 3.8) is 0 Å². The molecule has 0 bridgehead atoms. The molecule has 1 heterocycles. The molecule has 1 N–H and O–H groups in total. The van der Waals surface area contributed by atoms with E-state index in [-0.39, 0.29) is 11.6 Å². The van der Waals surface area contributed by atoms with E-state index in [1.54, 1.807) is 10.6 Å². The van der Waals surface area contributed by atoms with Gasteiger partial charge in [0.15, 0.2) is 0 Å². The quantitative estimate of drug-likeness (QED) is 0.917. The van der Waals surface area contributed by atoms with Crippen LogP contribution in [0.25, 0.3) is 0 Å². The summed E-state index contributed by atoms with van der Waals surface area (Å²) in [7, 11) is 1.92. The van der Waals surface area contributed by atoms with Gasteiger partial charge in [-0.05, 0) is 38.4 Å². The van der Waals surface area contributed by atoms with Crippen LogP contribution in [-0.2, 0) is 13.0 Å². The van der Waals surface area contributed by atoms with Crippen molar-refractivity contribution in [3.05, 3.63) is 63.3 Å². The van der Waals surface area contributed by atoms with Crippen molar-refractivity contribution in [2.24, 2.45) is 0 Å². The zero-order valence-corrected chi connectivity index (χ0v) is 13.2. The monoisotopic (exact) mass is 285 g/mol. The highest BCUT2D eigenvalue weighted by molar-refractivity contribution is 5.25. The molecule has 21 heavy (non-hydrogen) atoms. The van der Waals surface area contributed by atoms with E-state index in [1.807, 2.05) is 20.9 Å². The number of hydrogen-bond acceptors (Lipinski definition) is 3. The fourth-order valence-corrected chi connectivity index (χ4v) is 2.52. The minimum absolute atomic E-state index is 0.00503. The number of rotatable bonds is 5. The molecule has 0 amide bonds. The van der Waals surface area contributed by atoms with Crippen molar-refractivity contribution in [1.82, 2.24) is 14.9 Å². The molecular formula is C17H23N3O. The van der Waals surface area contributed by atoms with E-state index in [0.29, 0.717) is 6.54 Å². The fourth-order valence-electron chi connectivity index (χ4n) is 2.52. The minimum Gasteiger partial charge on any atom is -0.312 e. The highest BCUT2D eigenvalue weighted by atomic mass is 16.1. The molecule has 4 nitrogen and oxygen atoms in total. The zero-order chi connectivity index (χ0) is 15.4. The van der Waals surface area contributed by atoms with E-state index < -0.39 is 0 Å². The van der Waals surface area contributed by atoms with E-state index >= 15 is 0 Å². The molecular weight excluding hydrogens is 262 g/mol. The molecule has 1 aromatic heterocycles. The Balaban J connectivity index is 2.28. The summed E-state index contributed by atoms with van der Waals surface area (Å²) in [6, 6.07) is 10.2. The van der Waals surface area contributed by atoms with E-state index in [4.69, 9.17) is 0 Å².